The molecule has 6 nitrogen and oxygen atoms in total. The van der Waals surface area contributed by atoms with Crippen LogP contribution in [0.3, 0.4) is 0 Å². The second kappa shape index (κ2) is 6.60. The van der Waals surface area contributed by atoms with Gasteiger partial charge in [0.2, 0.25) is 0 Å². The maximum Gasteiger partial charge on any atom is 0.251 e. The number of piperazine rings is 1. The first kappa shape index (κ1) is 15.2. The number of carbonyl (C=O) groups is 1. The number of rotatable bonds is 3. The highest BCUT2D eigenvalue weighted by molar-refractivity contribution is 5.81. The van der Waals surface area contributed by atoms with Gasteiger partial charge in [-0.1, -0.05) is 13.8 Å². The lowest BCUT2D eigenvalue weighted by Crippen LogP contribution is -2.51. The van der Waals surface area contributed by atoms with Crippen molar-refractivity contribution in [1.82, 2.24) is 14.9 Å². The molecule has 0 bridgehead atoms. The molecule has 0 aromatic carbocycles. The highest BCUT2D eigenvalue weighted by Gasteiger charge is 2.30. The van der Waals surface area contributed by atoms with E-state index in [1.807, 2.05) is 17.2 Å². The van der Waals surface area contributed by atoms with Gasteiger partial charge >= 0.3 is 0 Å². The van der Waals surface area contributed by atoms with Gasteiger partial charge in [-0.25, -0.2) is 9.97 Å². The van der Waals surface area contributed by atoms with Crippen molar-refractivity contribution in [2.75, 3.05) is 37.7 Å². The number of ether oxygens (including phenoxy) is 1. The van der Waals surface area contributed by atoms with E-state index in [9.17, 15) is 4.79 Å². The second-order valence-electron chi connectivity index (χ2n) is 6.24. The summed E-state index contributed by atoms with van der Waals surface area (Å²) in [5.41, 5.74) is 0. The number of aromatic nitrogens is 2. The summed E-state index contributed by atoms with van der Waals surface area (Å²) < 4.78 is 5.50. The summed E-state index contributed by atoms with van der Waals surface area (Å²) in [4.78, 5) is 25.4. The lowest BCUT2D eigenvalue weighted by Gasteiger charge is -2.36. The van der Waals surface area contributed by atoms with Crippen LogP contribution in [0.15, 0.2) is 12.3 Å². The minimum absolute atomic E-state index is 0.155. The zero-order valence-corrected chi connectivity index (χ0v) is 13.4. The quantitative estimate of drug-likeness (QED) is 0.845. The van der Waals surface area contributed by atoms with Gasteiger partial charge in [0, 0.05) is 44.9 Å². The van der Waals surface area contributed by atoms with Crippen molar-refractivity contribution < 1.29 is 9.53 Å². The van der Waals surface area contributed by atoms with Crippen molar-refractivity contribution in [1.29, 1.82) is 0 Å². The average molecular weight is 304 g/mol. The molecule has 3 rings (SSSR count). The zero-order chi connectivity index (χ0) is 15.5. The molecule has 1 unspecified atom stereocenters. The predicted octanol–water partition coefficient (Wildman–Crippen LogP) is 1.43. The molecule has 120 valence electrons. The fraction of sp³-hybridized carbons (Fsp3) is 0.688. The van der Waals surface area contributed by atoms with Gasteiger partial charge in [-0.3, -0.25) is 4.79 Å². The van der Waals surface area contributed by atoms with Crippen molar-refractivity contribution in [3.05, 3.63) is 18.1 Å². The summed E-state index contributed by atoms with van der Waals surface area (Å²) in [5, 5.41) is 0. The number of nitrogens with zero attached hydrogens (tertiary/aromatic N) is 4. The summed E-state index contributed by atoms with van der Waals surface area (Å²) >= 11 is 0. The maximum absolute atomic E-state index is 12.3. The minimum Gasteiger partial charge on any atom is -0.368 e. The van der Waals surface area contributed by atoms with Gasteiger partial charge in [0.15, 0.2) is 0 Å². The van der Waals surface area contributed by atoms with Crippen molar-refractivity contribution >= 4 is 11.7 Å². The lowest BCUT2D eigenvalue weighted by atomic mass is 10.2. The first-order valence-electron chi connectivity index (χ1n) is 8.13. The first-order chi connectivity index (χ1) is 10.6. The van der Waals surface area contributed by atoms with Crippen LogP contribution in [0.1, 0.15) is 38.4 Å². The Balaban J connectivity index is 1.59. The average Bonchev–Trinajstić information content (AvgIpc) is 3.09. The smallest absolute Gasteiger partial charge is 0.251 e. The fourth-order valence-corrected chi connectivity index (χ4v) is 2.95. The van der Waals surface area contributed by atoms with Crippen LogP contribution in [0.4, 0.5) is 5.82 Å². The Morgan fingerprint density at radius 2 is 2.09 bits per heavy atom. The summed E-state index contributed by atoms with van der Waals surface area (Å²) in [6.07, 6.45) is 3.47. The summed E-state index contributed by atoms with van der Waals surface area (Å²) in [7, 11) is 0. The SMILES string of the molecule is CC(C)c1nccc(N2CCN(C(=O)C3CCCO3)CC2)n1. The molecule has 0 spiro atoms. The predicted molar refractivity (Wildman–Crippen MR) is 83.9 cm³/mol. The minimum atomic E-state index is -0.210. The van der Waals surface area contributed by atoms with Gasteiger partial charge in [0.05, 0.1) is 0 Å². The van der Waals surface area contributed by atoms with Gasteiger partial charge in [-0.05, 0) is 18.9 Å². The van der Waals surface area contributed by atoms with Crippen molar-refractivity contribution in [2.24, 2.45) is 0 Å². The van der Waals surface area contributed by atoms with Crippen LogP contribution in [0.25, 0.3) is 0 Å². The Morgan fingerprint density at radius 3 is 2.73 bits per heavy atom. The topological polar surface area (TPSA) is 58.6 Å². The largest absolute Gasteiger partial charge is 0.368 e. The van der Waals surface area contributed by atoms with Crippen LogP contribution in [0.2, 0.25) is 0 Å². The third-order valence-electron chi connectivity index (χ3n) is 4.30. The Morgan fingerprint density at radius 1 is 1.32 bits per heavy atom. The highest BCUT2D eigenvalue weighted by Crippen LogP contribution is 2.19. The molecule has 0 aliphatic carbocycles. The molecule has 1 atom stereocenters. The van der Waals surface area contributed by atoms with E-state index < -0.39 is 0 Å². The molecule has 3 heterocycles. The standard InChI is InChI=1S/C16H24N4O2/c1-12(2)15-17-6-5-14(18-15)19-7-9-20(10-8-19)16(21)13-4-3-11-22-13/h5-6,12-13H,3-4,7-11H2,1-2H3. The molecule has 2 fully saturated rings. The molecule has 6 heteroatoms. The van der Waals surface area contributed by atoms with Crippen LogP contribution in [-0.2, 0) is 9.53 Å². The molecule has 1 aromatic rings. The third kappa shape index (κ3) is 3.21. The van der Waals surface area contributed by atoms with E-state index in [1.165, 1.54) is 0 Å². The fourth-order valence-electron chi connectivity index (χ4n) is 2.95. The summed E-state index contributed by atoms with van der Waals surface area (Å²) in [6.45, 7) is 8.00. The van der Waals surface area contributed by atoms with Gasteiger partial charge in [0.1, 0.15) is 17.7 Å². The van der Waals surface area contributed by atoms with Crippen LogP contribution in [-0.4, -0.2) is 59.7 Å². The molecule has 1 amide bonds. The van der Waals surface area contributed by atoms with E-state index >= 15 is 0 Å². The van der Waals surface area contributed by atoms with Gasteiger partial charge in [-0.2, -0.15) is 0 Å². The summed E-state index contributed by atoms with van der Waals surface area (Å²) in [5.74, 6) is 2.31. The van der Waals surface area contributed by atoms with Crippen molar-refractivity contribution in [3.63, 3.8) is 0 Å². The molecule has 2 aliphatic heterocycles. The molecule has 0 saturated carbocycles. The lowest BCUT2D eigenvalue weighted by molar-refractivity contribution is -0.141. The maximum atomic E-state index is 12.3. The molecule has 0 radical (unpaired) electrons. The Bertz CT molecular complexity index is 521. The molecule has 0 N–H and O–H groups in total. The second-order valence-corrected chi connectivity index (χ2v) is 6.24. The summed E-state index contributed by atoms with van der Waals surface area (Å²) in [6, 6.07) is 1.95. The van der Waals surface area contributed by atoms with E-state index in [0.29, 0.717) is 5.92 Å². The first-order valence-corrected chi connectivity index (χ1v) is 8.13. The van der Waals surface area contributed by atoms with Gasteiger partial charge in [-0.15, -0.1) is 0 Å². The molecule has 1 aromatic heterocycles. The monoisotopic (exact) mass is 304 g/mol. The Labute approximate surface area is 131 Å². The number of amides is 1. The van der Waals surface area contributed by atoms with Crippen molar-refractivity contribution in [3.8, 4) is 0 Å². The molecule has 22 heavy (non-hydrogen) atoms. The molecular formula is C16H24N4O2. The van der Waals surface area contributed by atoms with Gasteiger partial charge < -0.3 is 14.5 Å². The van der Waals surface area contributed by atoms with E-state index in [4.69, 9.17) is 4.74 Å². The zero-order valence-electron chi connectivity index (χ0n) is 13.4. The number of hydrogen-bond acceptors (Lipinski definition) is 5. The molecular weight excluding hydrogens is 280 g/mol. The molecule has 2 saturated heterocycles. The molecule has 2 aliphatic rings. The van der Waals surface area contributed by atoms with E-state index in [1.54, 1.807) is 0 Å². The van der Waals surface area contributed by atoms with Crippen LogP contribution in [0, 0.1) is 0 Å². The van der Waals surface area contributed by atoms with Crippen LogP contribution < -0.4 is 4.90 Å². The Hall–Kier alpha value is -1.69. The van der Waals surface area contributed by atoms with Gasteiger partial charge in [0.25, 0.3) is 5.91 Å². The number of hydrogen-bond donors (Lipinski definition) is 0. The normalized spacial score (nSPS) is 22.4. The van der Waals surface area contributed by atoms with Crippen LogP contribution in [0.5, 0.6) is 0 Å². The number of anilines is 1. The van der Waals surface area contributed by atoms with E-state index in [0.717, 1.165) is 57.3 Å². The third-order valence-corrected chi connectivity index (χ3v) is 4.30. The van der Waals surface area contributed by atoms with Crippen molar-refractivity contribution in [2.45, 2.75) is 38.7 Å². The van der Waals surface area contributed by atoms with Crippen LogP contribution >= 0.6 is 0 Å². The van der Waals surface area contributed by atoms with E-state index in [2.05, 4.69) is 28.7 Å². The van der Waals surface area contributed by atoms with E-state index in [-0.39, 0.29) is 12.0 Å². The Kier molecular flexibility index (Phi) is 4.57. The number of carbonyl (C=O) groups excluding carboxylic acids is 1. The highest BCUT2D eigenvalue weighted by atomic mass is 16.5.